The number of aryl methyl sites for hydroxylation is 1. The van der Waals surface area contributed by atoms with E-state index in [9.17, 15) is 0 Å². The number of nitrogens with zero attached hydrogens (tertiary/aromatic N) is 4. The van der Waals surface area contributed by atoms with Gasteiger partial charge in [0.05, 0.1) is 5.92 Å². The van der Waals surface area contributed by atoms with Crippen molar-refractivity contribution < 1.29 is 4.52 Å². The van der Waals surface area contributed by atoms with Crippen molar-refractivity contribution in [1.82, 2.24) is 20.0 Å². The standard InChI is InChI=1S/C19H20N4O/c1-14-3-2-4-15(11-14)12-23-10-7-17(13-23)19-21-18(22-24-19)16-5-8-20-9-6-16/h2-6,8-9,11,17H,7,10,12-13H2,1H3/t17-/m1/s1. The van der Waals surface area contributed by atoms with Gasteiger partial charge >= 0.3 is 0 Å². The quantitative estimate of drug-likeness (QED) is 0.737. The van der Waals surface area contributed by atoms with Gasteiger partial charge in [0.1, 0.15) is 0 Å². The molecule has 3 aromatic rings. The van der Waals surface area contributed by atoms with Crippen molar-refractivity contribution in [1.29, 1.82) is 0 Å². The highest BCUT2D eigenvalue weighted by Crippen LogP contribution is 2.28. The molecule has 0 aliphatic carbocycles. The summed E-state index contributed by atoms with van der Waals surface area (Å²) in [7, 11) is 0. The van der Waals surface area contributed by atoms with Crippen molar-refractivity contribution in [3.05, 3.63) is 65.8 Å². The van der Waals surface area contributed by atoms with Crippen LogP contribution in [0.25, 0.3) is 11.4 Å². The third-order valence-corrected chi connectivity index (χ3v) is 4.49. The molecule has 1 aliphatic heterocycles. The Labute approximate surface area is 141 Å². The lowest BCUT2D eigenvalue weighted by molar-refractivity contribution is 0.309. The zero-order valence-electron chi connectivity index (χ0n) is 13.7. The molecule has 0 amide bonds. The highest BCUT2D eigenvalue weighted by molar-refractivity contribution is 5.52. The molecule has 24 heavy (non-hydrogen) atoms. The van der Waals surface area contributed by atoms with E-state index in [1.807, 2.05) is 12.1 Å². The molecule has 1 atom stereocenters. The normalized spacial score (nSPS) is 18.1. The lowest BCUT2D eigenvalue weighted by Gasteiger charge is -2.15. The van der Waals surface area contributed by atoms with Crippen LogP contribution in [-0.4, -0.2) is 33.1 Å². The molecule has 1 aromatic carbocycles. The van der Waals surface area contributed by atoms with Crippen molar-refractivity contribution >= 4 is 0 Å². The molecular weight excluding hydrogens is 300 g/mol. The Hall–Kier alpha value is -2.53. The first-order chi connectivity index (χ1) is 11.8. The van der Waals surface area contributed by atoms with Gasteiger partial charge < -0.3 is 4.52 Å². The minimum absolute atomic E-state index is 0.317. The highest BCUT2D eigenvalue weighted by atomic mass is 16.5. The van der Waals surface area contributed by atoms with Gasteiger partial charge in [-0.05, 0) is 37.6 Å². The largest absolute Gasteiger partial charge is 0.339 e. The Morgan fingerprint density at radius 3 is 2.92 bits per heavy atom. The van der Waals surface area contributed by atoms with Crippen LogP contribution in [0.4, 0.5) is 0 Å². The SMILES string of the molecule is Cc1cccc(CN2CC[C@@H](c3nc(-c4ccncc4)no3)C2)c1. The van der Waals surface area contributed by atoms with Crippen LogP contribution >= 0.6 is 0 Å². The maximum Gasteiger partial charge on any atom is 0.231 e. The molecule has 1 fully saturated rings. The van der Waals surface area contributed by atoms with Gasteiger partial charge in [0.15, 0.2) is 0 Å². The Morgan fingerprint density at radius 1 is 1.21 bits per heavy atom. The molecule has 2 aromatic heterocycles. The maximum atomic E-state index is 5.51. The summed E-state index contributed by atoms with van der Waals surface area (Å²) >= 11 is 0. The fourth-order valence-corrected chi connectivity index (χ4v) is 3.27. The zero-order chi connectivity index (χ0) is 16.4. The summed E-state index contributed by atoms with van der Waals surface area (Å²) in [6.07, 6.45) is 4.54. The molecule has 0 unspecified atom stereocenters. The lowest BCUT2D eigenvalue weighted by Crippen LogP contribution is -2.19. The summed E-state index contributed by atoms with van der Waals surface area (Å²) in [5.74, 6) is 1.70. The zero-order valence-corrected chi connectivity index (χ0v) is 13.7. The van der Waals surface area contributed by atoms with Gasteiger partial charge in [0.25, 0.3) is 0 Å². The Morgan fingerprint density at radius 2 is 2.08 bits per heavy atom. The van der Waals surface area contributed by atoms with Crippen molar-refractivity contribution in [3.63, 3.8) is 0 Å². The van der Waals surface area contributed by atoms with Gasteiger partial charge in [-0.25, -0.2) is 0 Å². The summed E-state index contributed by atoms with van der Waals surface area (Å²) in [4.78, 5) is 11.1. The van der Waals surface area contributed by atoms with Crippen LogP contribution in [0.3, 0.4) is 0 Å². The number of rotatable bonds is 4. The molecule has 0 saturated carbocycles. The Bertz CT molecular complexity index is 815. The third kappa shape index (κ3) is 3.21. The molecule has 5 nitrogen and oxygen atoms in total. The summed E-state index contributed by atoms with van der Waals surface area (Å²) in [5.41, 5.74) is 3.61. The average Bonchev–Trinajstić information content (AvgIpc) is 3.25. The van der Waals surface area contributed by atoms with Crippen LogP contribution in [0.15, 0.2) is 53.3 Å². The van der Waals surface area contributed by atoms with Crippen LogP contribution in [-0.2, 0) is 6.54 Å². The smallest absolute Gasteiger partial charge is 0.231 e. The van der Waals surface area contributed by atoms with E-state index in [4.69, 9.17) is 4.52 Å². The number of pyridine rings is 1. The Kier molecular flexibility index (Phi) is 4.09. The van der Waals surface area contributed by atoms with E-state index < -0.39 is 0 Å². The molecule has 1 aliphatic rings. The first kappa shape index (κ1) is 15.0. The molecule has 4 rings (SSSR count). The first-order valence-electron chi connectivity index (χ1n) is 8.30. The van der Waals surface area contributed by atoms with Gasteiger partial charge in [-0.2, -0.15) is 4.98 Å². The van der Waals surface area contributed by atoms with Crippen LogP contribution in [0, 0.1) is 6.92 Å². The maximum absolute atomic E-state index is 5.51. The molecule has 0 N–H and O–H groups in total. The van der Waals surface area contributed by atoms with E-state index in [2.05, 4.69) is 51.2 Å². The van der Waals surface area contributed by atoms with Crippen molar-refractivity contribution in [2.45, 2.75) is 25.8 Å². The summed E-state index contributed by atoms with van der Waals surface area (Å²) in [6, 6.07) is 12.5. The van der Waals surface area contributed by atoms with E-state index in [-0.39, 0.29) is 0 Å². The fraction of sp³-hybridized carbons (Fsp3) is 0.316. The number of hydrogen-bond acceptors (Lipinski definition) is 5. The summed E-state index contributed by atoms with van der Waals surface area (Å²) in [6.45, 7) is 5.14. The van der Waals surface area contributed by atoms with Crippen LogP contribution in [0.2, 0.25) is 0 Å². The van der Waals surface area contributed by atoms with Crippen molar-refractivity contribution in [2.75, 3.05) is 13.1 Å². The van der Waals surface area contributed by atoms with Gasteiger partial charge in [0, 0.05) is 31.0 Å². The topological polar surface area (TPSA) is 55.1 Å². The minimum atomic E-state index is 0.317. The lowest BCUT2D eigenvalue weighted by atomic mass is 10.1. The number of hydrogen-bond donors (Lipinski definition) is 0. The van der Waals surface area contributed by atoms with E-state index in [0.29, 0.717) is 11.7 Å². The second-order valence-corrected chi connectivity index (χ2v) is 6.40. The van der Waals surface area contributed by atoms with Gasteiger partial charge in [0.2, 0.25) is 11.7 Å². The molecule has 0 spiro atoms. The number of benzene rings is 1. The highest BCUT2D eigenvalue weighted by Gasteiger charge is 2.28. The molecule has 3 heterocycles. The monoisotopic (exact) mass is 320 g/mol. The minimum Gasteiger partial charge on any atom is -0.339 e. The first-order valence-corrected chi connectivity index (χ1v) is 8.30. The third-order valence-electron chi connectivity index (χ3n) is 4.49. The molecule has 5 heteroatoms. The van der Waals surface area contributed by atoms with Gasteiger partial charge in [-0.1, -0.05) is 35.0 Å². The number of likely N-dealkylation sites (tertiary alicyclic amines) is 1. The Balaban J connectivity index is 1.43. The van der Waals surface area contributed by atoms with Gasteiger partial charge in [-0.3, -0.25) is 9.88 Å². The van der Waals surface area contributed by atoms with Gasteiger partial charge in [-0.15, -0.1) is 0 Å². The fourth-order valence-electron chi connectivity index (χ4n) is 3.27. The van der Waals surface area contributed by atoms with E-state index in [1.54, 1.807) is 12.4 Å². The van der Waals surface area contributed by atoms with Crippen LogP contribution in [0.1, 0.15) is 29.4 Å². The van der Waals surface area contributed by atoms with E-state index >= 15 is 0 Å². The van der Waals surface area contributed by atoms with Crippen molar-refractivity contribution in [3.8, 4) is 11.4 Å². The summed E-state index contributed by atoms with van der Waals surface area (Å²) < 4.78 is 5.51. The molecule has 0 bridgehead atoms. The van der Waals surface area contributed by atoms with Crippen LogP contribution in [0.5, 0.6) is 0 Å². The molecule has 0 radical (unpaired) electrons. The van der Waals surface area contributed by atoms with E-state index in [0.717, 1.165) is 37.5 Å². The predicted octanol–water partition coefficient (Wildman–Crippen LogP) is 3.43. The number of aromatic nitrogens is 3. The predicted molar refractivity (Wildman–Crippen MR) is 91.3 cm³/mol. The molecule has 122 valence electrons. The summed E-state index contributed by atoms with van der Waals surface area (Å²) in [5, 5.41) is 4.12. The van der Waals surface area contributed by atoms with Crippen LogP contribution < -0.4 is 0 Å². The van der Waals surface area contributed by atoms with E-state index in [1.165, 1.54) is 11.1 Å². The molecule has 1 saturated heterocycles. The molecular formula is C19H20N4O. The average molecular weight is 320 g/mol. The second-order valence-electron chi connectivity index (χ2n) is 6.40. The second kappa shape index (κ2) is 6.53. The van der Waals surface area contributed by atoms with Crippen molar-refractivity contribution in [2.24, 2.45) is 0 Å².